The molecule has 0 fully saturated rings. The van der Waals surface area contributed by atoms with Crippen LogP contribution in [-0.2, 0) is 0 Å². The van der Waals surface area contributed by atoms with Gasteiger partial charge in [-0.2, -0.15) is 0 Å². The van der Waals surface area contributed by atoms with Crippen molar-refractivity contribution in [3.05, 3.63) is 169 Å². The Hall–Kier alpha value is -3.56. The van der Waals surface area contributed by atoms with Crippen molar-refractivity contribution in [2.75, 3.05) is 0 Å². The fourth-order valence-corrected chi connectivity index (χ4v) is 15.2. The third kappa shape index (κ3) is 5.95. The third-order valence-corrected chi connectivity index (χ3v) is 17.3. The second kappa shape index (κ2) is 12.3. The summed E-state index contributed by atoms with van der Waals surface area (Å²) in [6, 6.07) is 59.0. The Kier molecular flexibility index (Phi) is 8.20. The summed E-state index contributed by atoms with van der Waals surface area (Å²) in [7, 11) is 0. The van der Waals surface area contributed by atoms with E-state index >= 15 is 0 Å². The van der Waals surface area contributed by atoms with E-state index in [1.807, 2.05) is 0 Å². The van der Waals surface area contributed by atoms with Gasteiger partial charge in [0.2, 0.25) is 0 Å². The Bertz CT molecular complexity index is 1560. The number of hydrogen-bond acceptors (Lipinski definition) is 0. The molecule has 2 atom stereocenters. The summed E-state index contributed by atoms with van der Waals surface area (Å²) < 4.78 is 8.80. The van der Waals surface area contributed by atoms with Crippen molar-refractivity contribution in [3.63, 3.8) is 0 Å². The second-order valence-electron chi connectivity index (χ2n) is 10.1. The topological polar surface area (TPSA) is 0 Å². The molecule has 0 spiro atoms. The van der Waals surface area contributed by atoms with Gasteiger partial charge in [-0.05, 0) is 0 Å². The fourth-order valence-electron chi connectivity index (χ4n) is 5.19. The average molecular weight is 639 g/mol. The van der Waals surface area contributed by atoms with E-state index in [0.717, 1.165) is 0 Å². The van der Waals surface area contributed by atoms with E-state index in [9.17, 15) is 0 Å². The van der Waals surface area contributed by atoms with Gasteiger partial charge in [0.15, 0.2) is 0 Å². The summed E-state index contributed by atoms with van der Waals surface area (Å²) in [6.07, 6.45) is 0. The minimum absolute atomic E-state index is 1.27. The molecule has 0 aromatic heterocycles. The molecule has 0 N–H and O–H groups in total. The third-order valence-electron chi connectivity index (χ3n) is 7.13. The van der Waals surface area contributed by atoms with Crippen LogP contribution in [-0.4, -0.2) is 29.3 Å². The van der Waals surface area contributed by atoms with Gasteiger partial charge in [-0.1, -0.05) is 0 Å². The Balaban J connectivity index is 1.32. The maximum absolute atomic E-state index is 2.38. The van der Waals surface area contributed by atoms with Gasteiger partial charge in [-0.15, -0.1) is 0 Å². The molecule has 6 rings (SSSR count). The average Bonchev–Trinajstić information content (AvgIpc) is 3.00. The van der Waals surface area contributed by atoms with Gasteiger partial charge in [0.05, 0.1) is 0 Å². The first-order valence-corrected chi connectivity index (χ1v) is 19.3. The van der Waals surface area contributed by atoms with Crippen LogP contribution in [0, 0.1) is 13.8 Å². The Morgan fingerprint density at radius 2 is 0.625 bits per heavy atom. The minimum atomic E-state index is -1.63. The van der Waals surface area contributed by atoms with Gasteiger partial charge in [-0.3, -0.25) is 0 Å². The molecule has 194 valence electrons. The van der Waals surface area contributed by atoms with Crippen LogP contribution in [0.1, 0.15) is 11.1 Å². The summed E-state index contributed by atoms with van der Waals surface area (Å²) >= 11 is -3.26. The summed E-state index contributed by atoms with van der Waals surface area (Å²) in [5.74, 6) is 0. The van der Waals surface area contributed by atoms with Crippen molar-refractivity contribution in [1.82, 2.24) is 0 Å². The molecule has 0 aliphatic carbocycles. The molecule has 6 aromatic carbocycles. The van der Waals surface area contributed by atoms with E-state index < -0.39 is 29.3 Å². The van der Waals surface area contributed by atoms with Gasteiger partial charge >= 0.3 is 249 Å². The molecule has 0 saturated carbocycles. The predicted molar refractivity (Wildman–Crippen MR) is 176 cm³/mol. The predicted octanol–water partition coefficient (Wildman–Crippen LogP) is 5.00. The number of hydrogen-bond donors (Lipinski definition) is 0. The van der Waals surface area contributed by atoms with Crippen LogP contribution in [0.15, 0.2) is 158 Å². The van der Waals surface area contributed by atoms with Crippen molar-refractivity contribution in [1.29, 1.82) is 0 Å². The van der Waals surface area contributed by atoms with Gasteiger partial charge in [0, 0.05) is 0 Å². The summed E-state index contributed by atoms with van der Waals surface area (Å²) in [5.41, 5.74) is 5.20. The number of benzene rings is 6. The molecule has 0 aliphatic rings. The van der Waals surface area contributed by atoms with Crippen LogP contribution in [0.25, 0.3) is 11.1 Å². The van der Waals surface area contributed by atoms with E-state index in [-0.39, 0.29) is 0 Å². The van der Waals surface area contributed by atoms with Gasteiger partial charge in [0.25, 0.3) is 0 Å². The van der Waals surface area contributed by atoms with Crippen molar-refractivity contribution >= 4 is 55.4 Å². The Morgan fingerprint density at radius 3 is 0.975 bits per heavy atom. The molecule has 40 heavy (non-hydrogen) atoms. The molecule has 0 heterocycles. The van der Waals surface area contributed by atoms with Crippen molar-refractivity contribution in [2.24, 2.45) is 0 Å². The van der Waals surface area contributed by atoms with Crippen molar-refractivity contribution < 1.29 is 0 Å². The molecule has 0 saturated heterocycles. The Morgan fingerprint density at radius 1 is 0.300 bits per heavy atom. The number of aryl methyl sites for hydroxylation is 2. The van der Waals surface area contributed by atoms with Crippen LogP contribution >= 0.6 is 0 Å². The molecule has 2 unspecified atom stereocenters. The van der Waals surface area contributed by atoms with Gasteiger partial charge < -0.3 is 0 Å². The van der Waals surface area contributed by atoms with Crippen molar-refractivity contribution in [3.8, 4) is 11.1 Å². The zero-order valence-corrected chi connectivity index (χ0v) is 26.7. The standard InChI is InChI=1S/C38H32As2/c1-29-11-9-17-37(27-29)39(33-13-5-3-6-14-33)35-23-19-31(20-24-35)32-21-25-36(26-22-32)40(34-15-7-4-8-16-34)38-18-10-12-30(2)28-38/h3-28H,1-2H3. The summed E-state index contributed by atoms with van der Waals surface area (Å²) in [5, 5.41) is 0. The fraction of sp³-hybridized carbons (Fsp3) is 0.0526. The van der Waals surface area contributed by atoms with Crippen LogP contribution in [0.5, 0.6) is 0 Å². The van der Waals surface area contributed by atoms with E-state index in [4.69, 9.17) is 0 Å². The first-order valence-electron chi connectivity index (χ1n) is 13.7. The van der Waals surface area contributed by atoms with E-state index in [1.54, 1.807) is 0 Å². The molecule has 6 aromatic rings. The van der Waals surface area contributed by atoms with Gasteiger partial charge in [0.1, 0.15) is 0 Å². The zero-order valence-electron chi connectivity index (χ0n) is 22.9. The van der Waals surface area contributed by atoms with E-state index in [1.165, 1.54) is 48.4 Å². The van der Waals surface area contributed by atoms with Crippen LogP contribution in [0.4, 0.5) is 0 Å². The van der Waals surface area contributed by atoms with Crippen molar-refractivity contribution in [2.45, 2.75) is 13.8 Å². The molecule has 0 nitrogen and oxygen atoms in total. The van der Waals surface area contributed by atoms with E-state index in [2.05, 4.69) is 172 Å². The number of rotatable bonds is 7. The maximum atomic E-state index is 2.38. The molecule has 0 bridgehead atoms. The molecule has 2 heteroatoms. The normalized spacial score (nSPS) is 12.6. The summed E-state index contributed by atoms with van der Waals surface area (Å²) in [6.45, 7) is 4.39. The summed E-state index contributed by atoms with van der Waals surface area (Å²) in [4.78, 5) is 0. The van der Waals surface area contributed by atoms with E-state index in [0.29, 0.717) is 0 Å². The molecule has 0 amide bonds. The first kappa shape index (κ1) is 26.6. The molecule has 0 aliphatic heterocycles. The molecular formula is C38H32As2. The molecule has 0 radical (unpaired) electrons. The molecular weight excluding hydrogens is 606 g/mol. The van der Waals surface area contributed by atoms with Crippen LogP contribution in [0.3, 0.4) is 0 Å². The SMILES string of the molecule is Cc1cccc([As](c2ccccc2)c2ccc(-c3ccc([As](c4ccccc4)c4cccc(C)c4)cc3)cc2)c1. The quantitative estimate of drug-likeness (QED) is 0.216. The van der Waals surface area contributed by atoms with Crippen LogP contribution < -0.4 is 26.1 Å². The Labute approximate surface area is 247 Å². The zero-order chi connectivity index (χ0) is 27.3. The second-order valence-corrected chi connectivity index (χ2v) is 19.4. The monoisotopic (exact) mass is 638 g/mol. The van der Waals surface area contributed by atoms with Crippen LogP contribution in [0.2, 0.25) is 0 Å². The first-order chi connectivity index (χ1) is 19.7. The van der Waals surface area contributed by atoms with Gasteiger partial charge in [-0.25, -0.2) is 0 Å².